The number of aromatic nitrogens is 2. The highest BCUT2D eigenvalue weighted by atomic mass is 32.2. The van der Waals surface area contributed by atoms with Crippen molar-refractivity contribution in [2.45, 2.75) is 16.4 Å². The van der Waals surface area contributed by atoms with Crippen molar-refractivity contribution < 1.29 is 19.8 Å². The van der Waals surface area contributed by atoms with E-state index in [1.165, 1.54) is 22.7 Å². The van der Waals surface area contributed by atoms with E-state index in [1.54, 1.807) is 0 Å². The molecule has 0 unspecified atom stereocenters. The molecule has 2 aliphatic rings. The minimum absolute atomic E-state index is 0.0999. The average Bonchev–Trinajstić information content (AvgIpc) is 2.44. The molecule has 6 N–H and O–H groups in total. The zero-order valence-electron chi connectivity index (χ0n) is 11.0. The topological polar surface area (TPSA) is 156 Å². The van der Waals surface area contributed by atoms with E-state index >= 15 is 0 Å². The molecule has 2 atom stereocenters. The largest absolute Gasteiger partial charge is 0.493 e. The van der Waals surface area contributed by atoms with E-state index in [9.17, 15) is 19.8 Å². The number of carboxylic acids is 1. The average molecular weight is 341 g/mol. The summed E-state index contributed by atoms with van der Waals surface area (Å²) in [6, 6.07) is 0.595. The smallest absolute Gasteiger partial charge is 0.353 e. The van der Waals surface area contributed by atoms with Crippen LogP contribution in [0.15, 0.2) is 21.7 Å². The number of hydrogen-bond acceptors (Lipinski definition) is 9. The molecule has 1 aromatic rings. The second-order valence-corrected chi connectivity index (χ2v) is 6.76. The van der Waals surface area contributed by atoms with E-state index in [-0.39, 0.29) is 22.9 Å². The first-order valence-corrected chi connectivity index (χ1v) is 7.93. The van der Waals surface area contributed by atoms with Crippen molar-refractivity contribution in [1.29, 1.82) is 0 Å². The number of amides is 1. The number of carboxylic acid groups (broad SMARTS) is 1. The van der Waals surface area contributed by atoms with Crippen LogP contribution >= 0.6 is 23.5 Å². The normalized spacial score (nSPS) is 24.0. The highest BCUT2D eigenvalue weighted by molar-refractivity contribution is 8.06. The summed E-state index contributed by atoms with van der Waals surface area (Å²) in [5, 5.41) is 18.8. The zero-order valence-corrected chi connectivity index (χ0v) is 12.6. The Labute approximate surface area is 132 Å². The highest BCUT2D eigenvalue weighted by Gasteiger charge is 2.51. The third-order valence-corrected chi connectivity index (χ3v) is 5.60. The number of fused-ring (bicyclic) bond motifs is 1. The lowest BCUT2D eigenvalue weighted by molar-refractivity contribution is -0.147. The summed E-state index contributed by atoms with van der Waals surface area (Å²) in [4.78, 5) is 32.4. The molecule has 1 saturated heterocycles. The Hall–Kier alpha value is -1.98. The molecule has 0 radical (unpaired) electrons. The van der Waals surface area contributed by atoms with Crippen molar-refractivity contribution in [3.8, 4) is 5.88 Å². The summed E-state index contributed by atoms with van der Waals surface area (Å²) in [6.45, 7) is 0. The molecule has 116 valence electrons. The van der Waals surface area contributed by atoms with Crippen LogP contribution in [0, 0.1) is 0 Å². The maximum Gasteiger partial charge on any atom is 0.353 e. The fourth-order valence-electron chi connectivity index (χ4n) is 2.17. The van der Waals surface area contributed by atoms with E-state index in [0.29, 0.717) is 15.7 Å². The highest BCUT2D eigenvalue weighted by Crippen LogP contribution is 2.44. The third-order valence-electron chi connectivity index (χ3n) is 3.11. The second-order valence-electron chi connectivity index (χ2n) is 4.54. The van der Waals surface area contributed by atoms with Gasteiger partial charge in [-0.1, -0.05) is 11.8 Å². The van der Waals surface area contributed by atoms with Gasteiger partial charge in [-0.25, -0.2) is 9.78 Å². The first-order chi connectivity index (χ1) is 10.4. The van der Waals surface area contributed by atoms with Crippen LogP contribution in [0.5, 0.6) is 5.88 Å². The molecule has 0 spiro atoms. The van der Waals surface area contributed by atoms with Crippen LogP contribution in [0.1, 0.15) is 0 Å². The fourth-order valence-corrected chi connectivity index (χ4v) is 4.59. The van der Waals surface area contributed by atoms with Gasteiger partial charge < -0.3 is 21.7 Å². The Morgan fingerprint density at radius 3 is 2.86 bits per heavy atom. The number of hydrogen-bond donors (Lipinski definition) is 4. The summed E-state index contributed by atoms with van der Waals surface area (Å²) >= 11 is 2.41. The summed E-state index contributed by atoms with van der Waals surface area (Å²) in [5.74, 6) is -1.68. The number of carbonyl (C=O) groups excluding carboxylic acids is 1. The number of nitrogens with two attached hydrogens (primary N) is 2. The molecule has 22 heavy (non-hydrogen) atoms. The molecule has 0 aromatic carbocycles. The zero-order chi connectivity index (χ0) is 16.0. The quantitative estimate of drug-likeness (QED) is 0.413. The standard InChI is InChI=1S/C11H11N5O4S2/c12-6-8(18)16-7(10(19)20)3(2-21-9(6)16)22-5-1-4(17)14-11(13)15-5/h1,6,9H,2,12H2,(H,19,20)(H3,13,14,15,17)/t6-,9-/m1/s1. The van der Waals surface area contributed by atoms with E-state index in [2.05, 4.69) is 9.97 Å². The number of aromatic hydroxyl groups is 1. The van der Waals surface area contributed by atoms with Gasteiger partial charge in [-0.3, -0.25) is 9.69 Å². The van der Waals surface area contributed by atoms with E-state index in [4.69, 9.17) is 11.5 Å². The summed E-state index contributed by atoms with van der Waals surface area (Å²) in [7, 11) is 0. The number of thioether (sulfide) groups is 2. The number of rotatable bonds is 3. The van der Waals surface area contributed by atoms with E-state index < -0.39 is 17.9 Å². The summed E-state index contributed by atoms with van der Waals surface area (Å²) in [6.07, 6.45) is 0. The van der Waals surface area contributed by atoms with Crippen LogP contribution < -0.4 is 11.5 Å². The maximum atomic E-state index is 11.8. The lowest BCUT2D eigenvalue weighted by Gasteiger charge is -2.47. The maximum absolute atomic E-state index is 11.8. The van der Waals surface area contributed by atoms with Crippen molar-refractivity contribution in [1.82, 2.24) is 14.9 Å². The molecule has 2 aliphatic heterocycles. The first-order valence-electron chi connectivity index (χ1n) is 6.06. The number of nitrogens with zero attached hydrogens (tertiary/aromatic N) is 3. The molecular weight excluding hydrogens is 330 g/mol. The van der Waals surface area contributed by atoms with Gasteiger partial charge in [0.25, 0.3) is 0 Å². The van der Waals surface area contributed by atoms with Crippen LogP contribution in [-0.4, -0.2) is 54.1 Å². The Balaban J connectivity index is 1.96. The van der Waals surface area contributed by atoms with Gasteiger partial charge in [0.1, 0.15) is 22.1 Å². The van der Waals surface area contributed by atoms with Gasteiger partial charge in [0, 0.05) is 16.7 Å². The van der Waals surface area contributed by atoms with Crippen LogP contribution in [0.25, 0.3) is 0 Å². The summed E-state index contributed by atoms with van der Waals surface area (Å²) in [5.41, 5.74) is 11.0. The minimum Gasteiger partial charge on any atom is -0.493 e. The Bertz CT molecular complexity index is 689. The van der Waals surface area contributed by atoms with Crippen LogP contribution in [0.3, 0.4) is 0 Å². The predicted molar refractivity (Wildman–Crippen MR) is 79.7 cm³/mol. The fraction of sp³-hybridized carbons (Fsp3) is 0.273. The van der Waals surface area contributed by atoms with Gasteiger partial charge in [0.15, 0.2) is 0 Å². The predicted octanol–water partition coefficient (Wildman–Crippen LogP) is -0.605. The molecular formula is C11H11N5O4S2. The Kier molecular flexibility index (Phi) is 3.62. The van der Waals surface area contributed by atoms with E-state index in [1.807, 2.05) is 0 Å². The van der Waals surface area contributed by atoms with Crippen molar-refractivity contribution in [2.24, 2.45) is 5.73 Å². The molecule has 11 heteroatoms. The van der Waals surface area contributed by atoms with Crippen molar-refractivity contribution in [2.75, 3.05) is 11.5 Å². The molecule has 3 heterocycles. The van der Waals surface area contributed by atoms with Crippen LogP contribution in [0.4, 0.5) is 5.95 Å². The number of aliphatic carboxylic acids is 1. The number of nitrogen functional groups attached to an aromatic ring is 1. The van der Waals surface area contributed by atoms with Gasteiger partial charge in [0.05, 0.1) is 0 Å². The van der Waals surface area contributed by atoms with Gasteiger partial charge in [0.2, 0.25) is 17.7 Å². The number of β-lactam (4-membered cyclic amide) rings is 1. The first kappa shape index (κ1) is 14.9. The van der Waals surface area contributed by atoms with Gasteiger partial charge in [-0.2, -0.15) is 4.98 Å². The molecule has 0 saturated carbocycles. The van der Waals surface area contributed by atoms with Crippen LogP contribution in [0.2, 0.25) is 0 Å². The van der Waals surface area contributed by atoms with Crippen LogP contribution in [-0.2, 0) is 9.59 Å². The molecule has 3 rings (SSSR count). The molecule has 1 fully saturated rings. The molecule has 9 nitrogen and oxygen atoms in total. The lowest BCUT2D eigenvalue weighted by atomic mass is 10.1. The number of carbonyl (C=O) groups is 2. The Morgan fingerprint density at radius 1 is 1.50 bits per heavy atom. The molecule has 0 bridgehead atoms. The molecule has 1 aromatic heterocycles. The summed E-state index contributed by atoms with van der Waals surface area (Å²) < 4.78 is 0. The Morgan fingerprint density at radius 2 is 2.23 bits per heavy atom. The van der Waals surface area contributed by atoms with Gasteiger partial charge >= 0.3 is 5.97 Å². The molecule has 1 amide bonds. The lowest BCUT2D eigenvalue weighted by Crippen LogP contribution is -2.68. The number of anilines is 1. The second kappa shape index (κ2) is 5.34. The van der Waals surface area contributed by atoms with Crippen molar-refractivity contribution in [3.05, 3.63) is 16.7 Å². The van der Waals surface area contributed by atoms with Crippen molar-refractivity contribution in [3.63, 3.8) is 0 Å². The minimum atomic E-state index is -1.21. The molecule has 0 aliphatic carbocycles. The van der Waals surface area contributed by atoms with Gasteiger partial charge in [-0.05, 0) is 0 Å². The van der Waals surface area contributed by atoms with E-state index in [0.717, 1.165) is 11.8 Å². The van der Waals surface area contributed by atoms with Gasteiger partial charge in [-0.15, -0.1) is 11.8 Å². The third kappa shape index (κ3) is 2.36. The monoisotopic (exact) mass is 341 g/mol. The SMILES string of the molecule is Nc1nc(O)cc(SC2=C(C(=O)O)N3C(=O)[C@@H](N)[C@H]3SC2)n1. The van der Waals surface area contributed by atoms with Crippen molar-refractivity contribution >= 4 is 41.3 Å².